The molecule has 0 aliphatic heterocycles. The first-order chi connectivity index (χ1) is 12.5. The first kappa shape index (κ1) is 19.9. The summed E-state index contributed by atoms with van der Waals surface area (Å²) in [5.41, 5.74) is 4.07. The van der Waals surface area contributed by atoms with Gasteiger partial charge in [-0.2, -0.15) is 0 Å². The summed E-state index contributed by atoms with van der Waals surface area (Å²) < 4.78 is 10.5. The maximum atomic E-state index is 12.6. The largest absolute Gasteiger partial charge is 0.382 e. The van der Waals surface area contributed by atoms with E-state index in [2.05, 4.69) is 36.5 Å². The molecule has 0 unspecified atom stereocenters. The SMILES string of the molecule is COCCOCc1cccc(NC(=O)N(C)[C@@H](C)c2ccc(C)cc2)c1. The van der Waals surface area contributed by atoms with Crippen LogP contribution in [0.4, 0.5) is 10.5 Å². The lowest BCUT2D eigenvalue weighted by atomic mass is 10.1. The van der Waals surface area contributed by atoms with Crippen molar-refractivity contribution in [2.45, 2.75) is 26.5 Å². The van der Waals surface area contributed by atoms with E-state index in [1.165, 1.54) is 5.56 Å². The minimum absolute atomic E-state index is 0.0174. The highest BCUT2D eigenvalue weighted by molar-refractivity contribution is 5.89. The zero-order valence-corrected chi connectivity index (χ0v) is 16.0. The van der Waals surface area contributed by atoms with Gasteiger partial charge in [-0.05, 0) is 37.1 Å². The molecule has 0 aromatic heterocycles. The van der Waals surface area contributed by atoms with Crippen LogP contribution in [0.5, 0.6) is 0 Å². The van der Waals surface area contributed by atoms with Crippen LogP contribution in [-0.2, 0) is 16.1 Å². The van der Waals surface area contributed by atoms with Gasteiger partial charge in [0.15, 0.2) is 0 Å². The highest BCUT2D eigenvalue weighted by Crippen LogP contribution is 2.20. The van der Waals surface area contributed by atoms with Crippen LogP contribution in [0.1, 0.15) is 29.7 Å². The average Bonchev–Trinajstić information content (AvgIpc) is 2.65. The molecule has 5 nitrogen and oxygen atoms in total. The van der Waals surface area contributed by atoms with E-state index in [4.69, 9.17) is 9.47 Å². The number of carbonyl (C=O) groups excluding carboxylic acids is 1. The number of ether oxygens (including phenoxy) is 2. The molecule has 1 atom stereocenters. The Morgan fingerprint density at radius 3 is 2.58 bits per heavy atom. The van der Waals surface area contributed by atoms with Crippen LogP contribution in [-0.4, -0.2) is 38.3 Å². The Kier molecular flexibility index (Phi) is 7.63. The zero-order chi connectivity index (χ0) is 18.9. The van der Waals surface area contributed by atoms with E-state index in [-0.39, 0.29) is 12.1 Å². The number of aryl methyl sites for hydroxylation is 1. The quantitative estimate of drug-likeness (QED) is 0.714. The molecule has 0 saturated carbocycles. The van der Waals surface area contributed by atoms with Crippen molar-refractivity contribution in [1.82, 2.24) is 4.90 Å². The molecule has 0 aliphatic carbocycles. The molecule has 0 aliphatic rings. The van der Waals surface area contributed by atoms with Crippen LogP contribution in [0.3, 0.4) is 0 Å². The predicted molar refractivity (Wildman–Crippen MR) is 104 cm³/mol. The molecule has 0 radical (unpaired) electrons. The number of anilines is 1. The van der Waals surface area contributed by atoms with Crippen molar-refractivity contribution in [3.05, 3.63) is 65.2 Å². The fourth-order valence-electron chi connectivity index (χ4n) is 2.53. The van der Waals surface area contributed by atoms with Gasteiger partial charge in [0, 0.05) is 19.8 Å². The van der Waals surface area contributed by atoms with Gasteiger partial charge in [0.2, 0.25) is 0 Å². The Labute approximate surface area is 155 Å². The first-order valence-electron chi connectivity index (χ1n) is 8.77. The van der Waals surface area contributed by atoms with Crippen LogP contribution in [0, 0.1) is 6.92 Å². The Morgan fingerprint density at radius 2 is 1.88 bits per heavy atom. The van der Waals surface area contributed by atoms with Crippen LogP contribution in [0.25, 0.3) is 0 Å². The summed E-state index contributed by atoms with van der Waals surface area (Å²) in [6.07, 6.45) is 0. The van der Waals surface area contributed by atoms with Gasteiger partial charge in [-0.25, -0.2) is 4.79 Å². The second-order valence-electron chi connectivity index (χ2n) is 6.37. The summed E-state index contributed by atoms with van der Waals surface area (Å²) in [7, 11) is 3.45. The van der Waals surface area contributed by atoms with Gasteiger partial charge in [-0.3, -0.25) is 0 Å². The smallest absolute Gasteiger partial charge is 0.322 e. The molecule has 2 aromatic rings. The highest BCUT2D eigenvalue weighted by atomic mass is 16.5. The maximum Gasteiger partial charge on any atom is 0.322 e. The van der Waals surface area contributed by atoms with E-state index in [9.17, 15) is 4.79 Å². The summed E-state index contributed by atoms with van der Waals surface area (Å²) in [6.45, 7) is 5.67. The van der Waals surface area contributed by atoms with Gasteiger partial charge < -0.3 is 19.7 Å². The molecule has 1 N–H and O–H groups in total. The van der Waals surface area contributed by atoms with Crippen molar-refractivity contribution in [2.75, 3.05) is 32.7 Å². The molecular weight excluding hydrogens is 328 g/mol. The monoisotopic (exact) mass is 356 g/mol. The molecule has 0 spiro atoms. The Morgan fingerprint density at radius 1 is 1.15 bits per heavy atom. The van der Waals surface area contributed by atoms with Gasteiger partial charge in [-0.15, -0.1) is 0 Å². The molecule has 5 heteroatoms. The molecule has 140 valence electrons. The standard InChI is InChI=1S/C21H28N2O3/c1-16-8-10-19(11-9-16)17(2)23(3)21(24)22-20-7-5-6-18(14-20)15-26-13-12-25-4/h5-11,14,17H,12-13,15H2,1-4H3,(H,22,24)/t17-/m0/s1. The number of urea groups is 1. The number of rotatable bonds is 8. The van der Waals surface area contributed by atoms with Crippen LogP contribution < -0.4 is 5.32 Å². The minimum Gasteiger partial charge on any atom is -0.382 e. The van der Waals surface area contributed by atoms with E-state index in [0.717, 1.165) is 16.8 Å². The molecule has 2 rings (SSSR count). The molecule has 0 bridgehead atoms. The average molecular weight is 356 g/mol. The third-order valence-corrected chi connectivity index (χ3v) is 4.34. The number of nitrogens with one attached hydrogen (secondary N) is 1. The van der Waals surface area contributed by atoms with Crippen molar-refractivity contribution < 1.29 is 14.3 Å². The van der Waals surface area contributed by atoms with Gasteiger partial charge in [-0.1, -0.05) is 42.0 Å². The number of hydrogen-bond acceptors (Lipinski definition) is 3. The first-order valence-corrected chi connectivity index (χ1v) is 8.77. The second kappa shape index (κ2) is 9.94. The maximum absolute atomic E-state index is 12.6. The second-order valence-corrected chi connectivity index (χ2v) is 6.37. The molecule has 26 heavy (non-hydrogen) atoms. The number of hydrogen-bond donors (Lipinski definition) is 1. The molecular formula is C21H28N2O3. The van der Waals surface area contributed by atoms with Crippen LogP contribution in [0.2, 0.25) is 0 Å². The number of amides is 2. The van der Waals surface area contributed by atoms with Gasteiger partial charge in [0.1, 0.15) is 0 Å². The lowest BCUT2D eigenvalue weighted by molar-refractivity contribution is 0.0617. The summed E-state index contributed by atoms with van der Waals surface area (Å²) in [4.78, 5) is 14.3. The summed E-state index contributed by atoms with van der Waals surface area (Å²) >= 11 is 0. The third-order valence-electron chi connectivity index (χ3n) is 4.34. The third kappa shape index (κ3) is 5.86. The summed E-state index contributed by atoms with van der Waals surface area (Å²) in [6, 6.07) is 15.8. The number of benzene rings is 2. The predicted octanol–water partition coefficient (Wildman–Crippen LogP) is 4.38. The summed E-state index contributed by atoms with van der Waals surface area (Å²) in [5.74, 6) is 0. The lowest BCUT2D eigenvalue weighted by Crippen LogP contribution is -2.33. The molecule has 0 saturated heterocycles. The number of nitrogens with zero attached hydrogens (tertiary/aromatic N) is 1. The van der Waals surface area contributed by atoms with E-state index < -0.39 is 0 Å². The van der Waals surface area contributed by atoms with Crippen molar-refractivity contribution in [2.24, 2.45) is 0 Å². The van der Waals surface area contributed by atoms with Gasteiger partial charge in [0.05, 0.1) is 25.9 Å². The fraction of sp³-hybridized carbons (Fsp3) is 0.381. The molecule has 2 amide bonds. The highest BCUT2D eigenvalue weighted by Gasteiger charge is 2.17. The van der Waals surface area contributed by atoms with E-state index in [1.807, 2.05) is 31.2 Å². The zero-order valence-electron chi connectivity index (χ0n) is 16.0. The Balaban J connectivity index is 1.94. The van der Waals surface area contributed by atoms with Gasteiger partial charge in [0.25, 0.3) is 0 Å². The molecule has 2 aromatic carbocycles. The van der Waals surface area contributed by atoms with Crippen molar-refractivity contribution >= 4 is 11.7 Å². The number of carbonyl (C=O) groups is 1. The van der Waals surface area contributed by atoms with E-state index >= 15 is 0 Å². The fourth-order valence-corrected chi connectivity index (χ4v) is 2.53. The molecule has 0 fully saturated rings. The topological polar surface area (TPSA) is 50.8 Å². The normalized spacial score (nSPS) is 11.8. The number of methoxy groups -OCH3 is 1. The van der Waals surface area contributed by atoms with E-state index in [1.54, 1.807) is 19.1 Å². The van der Waals surface area contributed by atoms with E-state index in [0.29, 0.717) is 19.8 Å². The minimum atomic E-state index is -0.143. The van der Waals surface area contributed by atoms with Crippen molar-refractivity contribution in [1.29, 1.82) is 0 Å². The van der Waals surface area contributed by atoms with Crippen LogP contribution in [0.15, 0.2) is 48.5 Å². The Hall–Kier alpha value is -2.37. The lowest BCUT2D eigenvalue weighted by Gasteiger charge is -2.26. The van der Waals surface area contributed by atoms with Crippen molar-refractivity contribution in [3.63, 3.8) is 0 Å². The molecule has 0 heterocycles. The van der Waals surface area contributed by atoms with Crippen LogP contribution >= 0.6 is 0 Å². The summed E-state index contributed by atoms with van der Waals surface area (Å²) in [5, 5.41) is 2.95. The van der Waals surface area contributed by atoms with Gasteiger partial charge >= 0.3 is 6.03 Å². The Bertz CT molecular complexity index is 701. The van der Waals surface area contributed by atoms with Crippen molar-refractivity contribution in [3.8, 4) is 0 Å².